The van der Waals surface area contributed by atoms with E-state index in [0.717, 1.165) is 32.0 Å². The predicted molar refractivity (Wildman–Crippen MR) is 68.7 cm³/mol. The lowest BCUT2D eigenvalue weighted by molar-refractivity contribution is -0.130. The van der Waals surface area contributed by atoms with Gasteiger partial charge < -0.3 is 9.80 Å². The molecule has 0 aromatic rings. The molecule has 4 heteroatoms. The lowest BCUT2D eigenvalue weighted by Crippen LogP contribution is -2.41. The molecule has 4 nitrogen and oxygen atoms in total. The van der Waals surface area contributed by atoms with Gasteiger partial charge in [-0.05, 0) is 32.7 Å². The van der Waals surface area contributed by atoms with E-state index in [-0.39, 0.29) is 12.2 Å². The maximum absolute atomic E-state index is 12.1. The fourth-order valence-electron chi connectivity index (χ4n) is 2.61. The largest absolute Gasteiger partial charge is 0.325 e. The van der Waals surface area contributed by atoms with Gasteiger partial charge in [0.25, 0.3) is 0 Å². The van der Waals surface area contributed by atoms with E-state index in [1.54, 1.807) is 0 Å². The molecule has 0 aromatic heterocycles. The van der Waals surface area contributed by atoms with E-state index >= 15 is 0 Å². The molecule has 2 aliphatic rings. The molecular formula is C13H25N3O. The number of nitrogens with zero attached hydrogens (tertiary/aromatic N) is 2. The average molecular weight is 239 g/mol. The van der Waals surface area contributed by atoms with Crippen molar-refractivity contribution < 1.29 is 4.79 Å². The molecule has 2 fully saturated rings. The Morgan fingerprint density at radius 1 is 1.35 bits per heavy atom. The Kier molecular flexibility index (Phi) is 4.05. The van der Waals surface area contributed by atoms with E-state index in [1.807, 2.05) is 4.90 Å². The Balaban J connectivity index is 1.86. The first-order valence-corrected chi connectivity index (χ1v) is 6.94. The zero-order valence-corrected chi connectivity index (χ0v) is 11.3. The molecule has 0 aromatic carbocycles. The molecule has 17 heavy (non-hydrogen) atoms. The van der Waals surface area contributed by atoms with Gasteiger partial charge in [-0.25, -0.2) is 0 Å². The second-order valence-corrected chi connectivity index (χ2v) is 5.29. The van der Waals surface area contributed by atoms with Crippen LogP contribution in [0.4, 0.5) is 0 Å². The molecule has 0 radical (unpaired) electrons. The van der Waals surface area contributed by atoms with E-state index in [1.165, 1.54) is 12.8 Å². The molecule has 2 atom stereocenters. The Bertz CT molecular complexity index is 278. The minimum atomic E-state index is 0.0474. The minimum Gasteiger partial charge on any atom is -0.325 e. The Morgan fingerprint density at radius 3 is 2.59 bits per heavy atom. The molecule has 1 N–H and O–H groups in total. The highest BCUT2D eigenvalue weighted by Gasteiger charge is 2.37. The summed E-state index contributed by atoms with van der Waals surface area (Å²) in [6.07, 6.45) is 4.80. The summed E-state index contributed by atoms with van der Waals surface area (Å²) in [6.45, 7) is 6.08. The van der Waals surface area contributed by atoms with Crippen molar-refractivity contribution in [3.05, 3.63) is 0 Å². The van der Waals surface area contributed by atoms with Crippen LogP contribution in [-0.2, 0) is 4.79 Å². The summed E-state index contributed by atoms with van der Waals surface area (Å²) in [4.78, 5) is 16.6. The van der Waals surface area contributed by atoms with Crippen LogP contribution in [-0.4, -0.2) is 54.1 Å². The quantitative estimate of drug-likeness (QED) is 0.752. The van der Waals surface area contributed by atoms with Gasteiger partial charge in [0.15, 0.2) is 0 Å². The van der Waals surface area contributed by atoms with Crippen molar-refractivity contribution in [3.8, 4) is 0 Å². The normalized spacial score (nSPS) is 29.4. The second kappa shape index (κ2) is 5.36. The van der Waals surface area contributed by atoms with Gasteiger partial charge in [0, 0.05) is 19.1 Å². The van der Waals surface area contributed by atoms with Crippen LogP contribution >= 0.6 is 0 Å². The summed E-state index contributed by atoms with van der Waals surface area (Å²) in [5, 5.41) is 3.42. The summed E-state index contributed by atoms with van der Waals surface area (Å²) in [5.41, 5.74) is 0. The molecule has 1 aliphatic heterocycles. The Hall–Kier alpha value is -0.610. The van der Waals surface area contributed by atoms with Gasteiger partial charge in [0.2, 0.25) is 5.91 Å². The van der Waals surface area contributed by atoms with Crippen LogP contribution in [0.15, 0.2) is 0 Å². The fourth-order valence-corrected chi connectivity index (χ4v) is 2.61. The van der Waals surface area contributed by atoms with Crippen molar-refractivity contribution >= 4 is 5.91 Å². The fraction of sp³-hybridized carbons (Fsp3) is 0.923. The number of likely N-dealkylation sites (N-methyl/N-ethyl adjacent to an activating group) is 1. The zero-order valence-electron chi connectivity index (χ0n) is 11.3. The highest BCUT2D eigenvalue weighted by molar-refractivity contribution is 5.84. The van der Waals surface area contributed by atoms with Gasteiger partial charge in [0.05, 0.1) is 12.2 Å². The number of carbonyl (C=O) groups is 1. The molecule has 0 spiro atoms. The Morgan fingerprint density at radius 2 is 2.06 bits per heavy atom. The predicted octanol–water partition coefficient (Wildman–Crippen LogP) is 1.03. The van der Waals surface area contributed by atoms with Crippen LogP contribution in [0.3, 0.4) is 0 Å². The van der Waals surface area contributed by atoms with E-state index < -0.39 is 0 Å². The van der Waals surface area contributed by atoms with E-state index in [4.69, 9.17) is 0 Å². The molecule has 1 heterocycles. The summed E-state index contributed by atoms with van der Waals surface area (Å²) < 4.78 is 0. The van der Waals surface area contributed by atoms with Crippen molar-refractivity contribution in [2.45, 2.75) is 57.8 Å². The van der Waals surface area contributed by atoms with E-state index in [2.05, 4.69) is 31.1 Å². The first kappa shape index (κ1) is 12.8. The smallest absolute Gasteiger partial charge is 0.241 e. The molecule has 98 valence electrons. The van der Waals surface area contributed by atoms with Crippen LogP contribution in [0.25, 0.3) is 0 Å². The number of hydrogen-bond donors (Lipinski definition) is 1. The maximum Gasteiger partial charge on any atom is 0.241 e. The maximum atomic E-state index is 12.1. The van der Waals surface area contributed by atoms with E-state index in [9.17, 15) is 4.79 Å². The third kappa shape index (κ3) is 2.80. The summed E-state index contributed by atoms with van der Waals surface area (Å²) >= 11 is 0. The molecule has 1 saturated heterocycles. The van der Waals surface area contributed by atoms with Crippen LogP contribution in [0.5, 0.6) is 0 Å². The third-order valence-electron chi connectivity index (χ3n) is 4.01. The third-order valence-corrected chi connectivity index (χ3v) is 4.01. The van der Waals surface area contributed by atoms with Gasteiger partial charge in [-0.1, -0.05) is 13.8 Å². The number of nitrogens with one attached hydrogen (secondary N) is 1. The molecule has 1 amide bonds. The first-order chi connectivity index (χ1) is 8.17. The van der Waals surface area contributed by atoms with Gasteiger partial charge in [-0.3, -0.25) is 10.1 Å². The lowest BCUT2D eigenvalue weighted by atomic mass is 10.2. The standard InChI is InChI=1S/C13H25N3O/c1-4-11-13(17)16(12(5-2)14-11)9-8-15(3)10-6-7-10/h10-12,14H,4-9H2,1-3H3. The molecule has 2 unspecified atom stereocenters. The van der Waals surface area contributed by atoms with Crippen LogP contribution in [0.1, 0.15) is 39.5 Å². The van der Waals surface area contributed by atoms with Crippen molar-refractivity contribution in [2.24, 2.45) is 0 Å². The minimum absolute atomic E-state index is 0.0474. The number of amides is 1. The lowest BCUT2D eigenvalue weighted by Gasteiger charge is -2.26. The van der Waals surface area contributed by atoms with Crippen molar-refractivity contribution in [1.29, 1.82) is 0 Å². The van der Waals surface area contributed by atoms with E-state index in [0.29, 0.717) is 5.91 Å². The summed E-state index contributed by atoms with van der Waals surface area (Å²) in [7, 11) is 2.17. The van der Waals surface area contributed by atoms with Gasteiger partial charge in [-0.2, -0.15) is 0 Å². The van der Waals surface area contributed by atoms with Gasteiger partial charge >= 0.3 is 0 Å². The summed E-state index contributed by atoms with van der Waals surface area (Å²) in [6, 6.07) is 0.828. The highest BCUT2D eigenvalue weighted by Crippen LogP contribution is 2.25. The second-order valence-electron chi connectivity index (χ2n) is 5.29. The number of carbonyl (C=O) groups excluding carboxylic acids is 1. The monoisotopic (exact) mass is 239 g/mol. The zero-order chi connectivity index (χ0) is 12.4. The molecule has 2 rings (SSSR count). The van der Waals surface area contributed by atoms with Gasteiger partial charge in [0.1, 0.15) is 0 Å². The number of rotatable bonds is 6. The average Bonchev–Trinajstić information content (AvgIpc) is 3.12. The number of hydrogen-bond acceptors (Lipinski definition) is 3. The van der Waals surface area contributed by atoms with Crippen LogP contribution in [0, 0.1) is 0 Å². The first-order valence-electron chi connectivity index (χ1n) is 6.94. The topological polar surface area (TPSA) is 35.6 Å². The van der Waals surface area contributed by atoms with Gasteiger partial charge in [-0.15, -0.1) is 0 Å². The Labute approximate surface area is 104 Å². The van der Waals surface area contributed by atoms with Crippen molar-refractivity contribution in [1.82, 2.24) is 15.1 Å². The molecule has 1 saturated carbocycles. The van der Waals surface area contributed by atoms with Crippen molar-refractivity contribution in [3.63, 3.8) is 0 Å². The summed E-state index contributed by atoms with van der Waals surface area (Å²) in [5.74, 6) is 0.295. The molecule has 0 bridgehead atoms. The van der Waals surface area contributed by atoms with Crippen LogP contribution in [0.2, 0.25) is 0 Å². The molecular weight excluding hydrogens is 214 g/mol. The van der Waals surface area contributed by atoms with Crippen LogP contribution < -0.4 is 5.32 Å². The van der Waals surface area contributed by atoms with Crippen molar-refractivity contribution in [2.75, 3.05) is 20.1 Å². The SMILES string of the molecule is CCC1NC(CC)N(CCN(C)C2CC2)C1=O. The molecule has 1 aliphatic carbocycles. The highest BCUT2D eigenvalue weighted by atomic mass is 16.2.